The van der Waals surface area contributed by atoms with Crippen molar-refractivity contribution in [3.63, 3.8) is 0 Å². The largest absolute Gasteiger partial charge is 0.416 e. The van der Waals surface area contributed by atoms with Crippen molar-refractivity contribution < 1.29 is 46.0 Å². The molecule has 20 heteroatoms. The summed E-state index contributed by atoms with van der Waals surface area (Å²) in [4.78, 5) is 0. The summed E-state index contributed by atoms with van der Waals surface area (Å²) in [5.41, 5.74) is 10.3. The van der Waals surface area contributed by atoms with Crippen molar-refractivity contribution in [1.29, 1.82) is 11.0 Å². The molecule has 0 aliphatic heterocycles. The SMILES string of the molecule is [H]/N=N/C1=C(N)c2ccccc2C(c2ccc(-c3ccc(C4(S(N)(=O)=O)CC(/N=N/[H])=C(N)c5ccccc54)c(C(F)(F)F)c3)cc2C(F)(F)F)(S(N)(=O)=O)C1. The highest BCUT2D eigenvalue weighted by Gasteiger charge is 2.55. The maximum absolute atomic E-state index is 15.1. The van der Waals surface area contributed by atoms with Crippen LogP contribution in [0.3, 0.4) is 0 Å². The van der Waals surface area contributed by atoms with Gasteiger partial charge in [0.05, 0.1) is 33.9 Å². The Hall–Kier alpha value is -5.44. The van der Waals surface area contributed by atoms with Crippen molar-refractivity contribution in [3.8, 4) is 11.1 Å². The monoisotopic (exact) mass is 790 g/mol. The van der Waals surface area contributed by atoms with Crippen LogP contribution in [0.15, 0.2) is 107 Å². The second-order valence-corrected chi connectivity index (χ2v) is 16.2. The molecule has 10 N–H and O–H groups in total. The highest BCUT2D eigenvalue weighted by atomic mass is 32.2. The number of primary sulfonamides is 2. The van der Waals surface area contributed by atoms with Crippen LogP contribution in [0.4, 0.5) is 26.3 Å². The first-order valence-electron chi connectivity index (χ1n) is 16.3. The van der Waals surface area contributed by atoms with E-state index >= 15 is 26.3 Å². The normalized spacial score (nSPS) is 21.6. The molecular weight excluding hydrogens is 763 g/mol. The van der Waals surface area contributed by atoms with E-state index in [0.717, 1.165) is 24.3 Å². The third kappa shape index (κ3) is 5.67. The molecule has 2 unspecified atom stereocenters. The van der Waals surface area contributed by atoms with Crippen molar-refractivity contribution in [2.75, 3.05) is 0 Å². The molecule has 6 rings (SSSR count). The minimum atomic E-state index is -5.35. The average Bonchev–Trinajstić information content (AvgIpc) is 3.12. The molecular formula is C34H28F6N8O4S2. The summed E-state index contributed by atoms with van der Waals surface area (Å²) >= 11 is 0. The number of nitrogens with two attached hydrogens (primary N) is 4. The summed E-state index contributed by atoms with van der Waals surface area (Å²) < 4.78 is 154. The van der Waals surface area contributed by atoms with Crippen LogP contribution in [0.2, 0.25) is 2.82 Å². The van der Waals surface area contributed by atoms with E-state index in [1.165, 1.54) is 48.5 Å². The lowest BCUT2D eigenvalue weighted by molar-refractivity contribution is -0.139. The summed E-state index contributed by atoms with van der Waals surface area (Å²) in [6.07, 6.45) is -12.5. The van der Waals surface area contributed by atoms with Gasteiger partial charge in [0.1, 0.15) is 9.49 Å². The summed E-state index contributed by atoms with van der Waals surface area (Å²) in [5, 5.41) is 18.6. The molecule has 2 aliphatic carbocycles. The first-order chi connectivity index (χ1) is 26.0. The lowest BCUT2D eigenvalue weighted by atomic mass is 9.76. The highest BCUT2D eigenvalue weighted by Crippen LogP contribution is 2.54. The first-order valence-corrected chi connectivity index (χ1v) is 18.5. The van der Waals surface area contributed by atoms with Crippen LogP contribution in [0.25, 0.3) is 22.5 Å². The van der Waals surface area contributed by atoms with Crippen LogP contribution in [0.5, 0.6) is 0 Å². The predicted molar refractivity (Wildman–Crippen MR) is 184 cm³/mol. The molecule has 4 aromatic carbocycles. The number of halogens is 6. The second kappa shape index (κ2) is 12.6. The molecule has 0 radical (unpaired) electrons. The van der Waals surface area contributed by atoms with Gasteiger partial charge in [0.15, 0.2) is 0 Å². The number of alkyl halides is 6. The number of hydrogen-bond donors (Lipinski definition) is 6. The number of rotatable bonds is 7. The number of hydrogen-bond acceptors (Lipinski definition) is 10. The maximum Gasteiger partial charge on any atom is 0.416 e. The predicted octanol–water partition coefficient (Wildman–Crippen LogP) is 6.58. The van der Waals surface area contributed by atoms with Crippen molar-refractivity contribution in [3.05, 3.63) is 141 Å². The fourth-order valence-corrected chi connectivity index (χ4v) is 10.0. The molecule has 0 fully saturated rings. The molecule has 282 valence electrons. The average molecular weight is 791 g/mol. The molecule has 0 aromatic heterocycles. The molecule has 0 spiro atoms. The minimum Gasteiger partial charge on any atom is -0.397 e. The zero-order valence-electron chi connectivity index (χ0n) is 29.3. The maximum atomic E-state index is 15.1. The molecule has 0 saturated heterocycles. The zero-order valence-corrected chi connectivity index (χ0v) is 28.9. The Morgan fingerprint density at radius 1 is 0.593 bits per heavy atom. The third-order valence-corrected chi connectivity index (χ3v) is 12.9. The molecule has 0 amide bonds. The molecule has 4 aromatic rings. The quantitative estimate of drug-likeness (QED) is 0.0891. The van der Waals surface area contributed by atoms with E-state index in [-0.39, 0.29) is 45.0 Å². The second-order valence-electron chi connectivity index (χ2n) is 12.6. The van der Waals surface area contributed by atoms with Gasteiger partial charge in [0.25, 0.3) is 0 Å². The van der Waals surface area contributed by atoms with E-state index < -0.39 is 88.1 Å². The van der Waals surface area contributed by atoms with Gasteiger partial charge < -0.3 is 11.5 Å². The smallest absolute Gasteiger partial charge is 0.397 e. The van der Waals surface area contributed by atoms with Crippen LogP contribution in [0.1, 0.15) is 57.3 Å². The van der Waals surface area contributed by atoms with Gasteiger partial charge in [0, 0.05) is 24.0 Å². The topological polar surface area (TPSA) is 245 Å². The van der Waals surface area contributed by atoms with Crippen LogP contribution < -0.4 is 21.7 Å². The van der Waals surface area contributed by atoms with E-state index in [9.17, 15) is 16.8 Å². The van der Waals surface area contributed by atoms with Gasteiger partial charge in [-0.05, 0) is 45.5 Å². The van der Waals surface area contributed by atoms with Gasteiger partial charge >= 0.3 is 12.4 Å². The fraction of sp³-hybridized carbons (Fsp3) is 0.176. The number of benzene rings is 4. The van der Waals surface area contributed by atoms with E-state index in [1.54, 1.807) is 0 Å². The summed E-state index contributed by atoms with van der Waals surface area (Å²) in [5.74, 6) is 0. The number of nitrogens with zero attached hydrogens (tertiary/aromatic N) is 2. The van der Waals surface area contributed by atoms with Crippen molar-refractivity contribution >= 4 is 31.4 Å². The Kier molecular flexibility index (Phi) is 8.28. The molecule has 2 aliphatic rings. The highest BCUT2D eigenvalue weighted by molar-refractivity contribution is 7.90. The zero-order chi connectivity index (χ0) is 41.2. The van der Waals surface area contributed by atoms with Crippen molar-refractivity contribution in [2.24, 2.45) is 32.0 Å². The van der Waals surface area contributed by atoms with E-state index in [2.05, 4.69) is 21.3 Å². The van der Waals surface area contributed by atoms with Gasteiger partial charge in [-0.25, -0.2) is 38.2 Å². The molecule has 0 saturated carbocycles. The van der Waals surface area contributed by atoms with Gasteiger partial charge in [-0.3, -0.25) is 0 Å². The minimum absolute atomic E-state index is 0.0604. The summed E-state index contributed by atoms with van der Waals surface area (Å²) in [6.45, 7) is 0. The van der Waals surface area contributed by atoms with Gasteiger partial charge in [0.2, 0.25) is 22.9 Å². The van der Waals surface area contributed by atoms with Crippen molar-refractivity contribution in [2.45, 2.75) is 34.7 Å². The Balaban J connectivity index is 1.64. The van der Waals surface area contributed by atoms with Crippen molar-refractivity contribution in [1.82, 2.24) is 0 Å². The van der Waals surface area contributed by atoms with Gasteiger partial charge in [-0.1, -0.05) is 72.8 Å². The first kappa shape index (κ1) is 35.6. The standard InChI is InChI=1S/C34H28F6N8O4S2/c35-33(36,37)25-13-17(9-11-23(25)31(53(45,49)50)15-27(47-43)29(41)19-5-1-3-7-21(19)31)18-10-12-24(26(14-18)34(38,39)40)32(54(46,51)52)16-28(48-44)30(42)20-6-2-4-8-22(20)32/h1-14,43-44H,15-16,41-42H2,(H2,45,49,50)(H2,46,51,52)/b47-43+,48-44+. The fourth-order valence-electron chi connectivity index (χ4n) is 7.40. The van der Waals surface area contributed by atoms with Gasteiger partial charge in [-0.15, -0.1) is 0 Å². The molecule has 0 heterocycles. The third-order valence-electron chi connectivity index (χ3n) is 9.83. The Labute approximate surface area is 306 Å². The van der Waals surface area contributed by atoms with E-state index in [4.69, 9.17) is 24.6 Å². The van der Waals surface area contributed by atoms with Crippen LogP contribution in [-0.2, 0) is 41.9 Å². The Morgan fingerprint density at radius 3 is 1.26 bits per heavy atom. The van der Waals surface area contributed by atoms with E-state index in [1.807, 2.05) is 0 Å². The molecule has 2 atom stereocenters. The van der Waals surface area contributed by atoms with Crippen LogP contribution >= 0.6 is 0 Å². The summed E-state index contributed by atoms with van der Waals surface area (Å²) in [7, 11) is -10.2. The summed E-state index contributed by atoms with van der Waals surface area (Å²) in [6, 6.07) is 14.8. The number of fused-ring (bicyclic) bond motifs is 2. The van der Waals surface area contributed by atoms with E-state index in [0.29, 0.717) is 12.1 Å². The Morgan fingerprint density at radius 2 is 0.944 bits per heavy atom. The number of nitrogens with one attached hydrogen (secondary N) is 2. The van der Waals surface area contributed by atoms with Crippen LogP contribution in [-0.4, -0.2) is 16.8 Å². The Bertz CT molecular complexity index is 2470. The van der Waals surface area contributed by atoms with Gasteiger partial charge in [-0.2, -0.15) is 36.6 Å². The molecule has 54 heavy (non-hydrogen) atoms. The molecule has 0 bridgehead atoms. The lowest BCUT2D eigenvalue weighted by Gasteiger charge is -2.39. The van der Waals surface area contributed by atoms with Crippen LogP contribution in [0, 0.1) is 11.0 Å². The molecule has 12 nitrogen and oxygen atoms in total. The number of allylic oxidation sites excluding steroid dienone is 2. The number of sulfonamides is 2. The lowest BCUT2D eigenvalue weighted by Crippen LogP contribution is -2.46.